The first-order valence-electron chi connectivity index (χ1n) is 5.59. The molecule has 3 rings (SSSR count). The van der Waals surface area contributed by atoms with Crippen LogP contribution >= 0.6 is 0 Å². The van der Waals surface area contributed by atoms with Gasteiger partial charge in [0, 0.05) is 36.1 Å². The lowest BCUT2D eigenvalue weighted by Crippen LogP contribution is -2.16. The molecule has 0 unspecified atom stereocenters. The van der Waals surface area contributed by atoms with Gasteiger partial charge in [0.25, 0.3) is 0 Å². The van der Waals surface area contributed by atoms with Crippen LogP contribution in [0.4, 0.5) is 5.82 Å². The average Bonchev–Trinajstić information content (AvgIpc) is 2.78. The van der Waals surface area contributed by atoms with Gasteiger partial charge in [-0.3, -0.25) is 4.98 Å². The zero-order valence-electron chi connectivity index (χ0n) is 9.23. The Morgan fingerprint density at radius 2 is 2.29 bits per heavy atom. The van der Waals surface area contributed by atoms with E-state index in [1.807, 2.05) is 18.2 Å². The molecular weight excluding hydrogens is 216 g/mol. The highest BCUT2D eigenvalue weighted by Gasteiger charge is 2.17. The minimum Gasteiger partial charge on any atom is -0.369 e. The van der Waals surface area contributed by atoms with Gasteiger partial charge >= 0.3 is 5.69 Å². The number of nitrogens with one attached hydrogen (secondary N) is 2. The number of anilines is 1. The molecule has 2 N–H and O–H groups in total. The number of H-pyrrole nitrogens is 1. The lowest BCUT2D eigenvalue weighted by atomic mass is 10.1. The minimum atomic E-state index is -0.302. The van der Waals surface area contributed by atoms with Crippen LogP contribution in [0.2, 0.25) is 0 Å². The van der Waals surface area contributed by atoms with Crippen LogP contribution in [0, 0.1) is 0 Å². The predicted octanol–water partition coefficient (Wildman–Crippen LogP) is 0.724. The van der Waals surface area contributed by atoms with Crippen molar-refractivity contribution in [2.45, 2.75) is 12.8 Å². The van der Waals surface area contributed by atoms with Gasteiger partial charge in [0.15, 0.2) is 0 Å². The van der Waals surface area contributed by atoms with Crippen LogP contribution in [0.5, 0.6) is 0 Å². The molecule has 0 saturated carbocycles. The van der Waals surface area contributed by atoms with Gasteiger partial charge in [-0.1, -0.05) is 6.07 Å². The van der Waals surface area contributed by atoms with Crippen LogP contribution in [0.15, 0.2) is 29.2 Å². The number of fused-ring (bicyclic) bond motifs is 1. The van der Waals surface area contributed by atoms with Gasteiger partial charge in [0.2, 0.25) is 0 Å². The van der Waals surface area contributed by atoms with E-state index >= 15 is 0 Å². The van der Waals surface area contributed by atoms with Crippen LogP contribution in [-0.2, 0) is 12.8 Å². The van der Waals surface area contributed by atoms with E-state index < -0.39 is 0 Å². The fraction of sp³-hybridized carbons (Fsp3) is 0.250. The van der Waals surface area contributed by atoms with E-state index in [1.54, 1.807) is 6.20 Å². The Hall–Kier alpha value is -2.17. The third-order valence-electron chi connectivity index (χ3n) is 2.87. The van der Waals surface area contributed by atoms with Crippen molar-refractivity contribution in [2.24, 2.45) is 0 Å². The molecule has 17 heavy (non-hydrogen) atoms. The summed E-state index contributed by atoms with van der Waals surface area (Å²) in [4.78, 5) is 22.4. The number of pyridine rings is 1. The standard InChI is InChI=1S/C12H12N4O/c17-12-15-10(7-8-3-1-2-5-13-8)9-4-6-14-11(9)16-12/h1-3,5H,4,6-7H2,(H2,14,15,16,17). The first-order chi connectivity index (χ1) is 8.33. The Labute approximate surface area is 97.9 Å². The monoisotopic (exact) mass is 228 g/mol. The van der Waals surface area contributed by atoms with Gasteiger partial charge in [-0.25, -0.2) is 4.79 Å². The molecule has 0 saturated heterocycles. The maximum absolute atomic E-state index is 11.4. The van der Waals surface area contributed by atoms with E-state index in [1.165, 1.54) is 0 Å². The molecule has 0 aromatic carbocycles. The topological polar surface area (TPSA) is 70.7 Å². The highest BCUT2D eigenvalue weighted by Crippen LogP contribution is 2.21. The first kappa shape index (κ1) is 10.0. The Kier molecular flexibility index (Phi) is 2.36. The summed E-state index contributed by atoms with van der Waals surface area (Å²) in [5, 5.41) is 3.12. The SMILES string of the molecule is O=c1nc2c(c(Cc3ccccn3)[nH]1)CCN2. The Morgan fingerprint density at radius 3 is 3.12 bits per heavy atom. The van der Waals surface area contributed by atoms with Crippen molar-refractivity contribution >= 4 is 5.82 Å². The summed E-state index contributed by atoms with van der Waals surface area (Å²) in [6.07, 6.45) is 3.30. The highest BCUT2D eigenvalue weighted by atomic mass is 16.1. The summed E-state index contributed by atoms with van der Waals surface area (Å²) in [6.45, 7) is 0.842. The van der Waals surface area contributed by atoms with Gasteiger partial charge in [-0.05, 0) is 18.6 Å². The lowest BCUT2D eigenvalue weighted by Gasteiger charge is -2.05. The molecular formula is C12H12N4O. The van der Waals surface area contributed by atoms with Crippen LogP contribution in [-0.4, -0.2) is 21.5 Å². The molecule has 0 fully saturated rings. The average molecular weight is 228 g/mol. The molecule has 3 heterocycles. The van der Waals surface area contributed by atoms with Crippen LogP contribution in [0.1, 0.15) is 17.0 Å². The van der Waals surface area contributed by atoms with Crippen LogP contribution in [0.25, 0.3) is 0 Å². The van der Waals surface area contributed by atoms with E-state index in [0.29, 0.717) is 6.42 Å². The van der Waals surface area contributed by atoms with Gasteiger partial charge < -0.3 is 10.3 Å². The number of rotatable bonds is 2. The Morgan fingerprint density at radius 1 is 1.35 bits per heavy atom. The Bertz CT molecular complexity index is 591. The van der Waals surface area contributed by atoms with E-state index in [2.05, 4.69) is 20.3 Å². The molecule has 5 nitrogen and oxygen atoms in total. The number of aromatic nitrogens is 3. The molecule has 0 amide bonds. The second kappa shape index (κ2) is 4.01. The molecule has 0 radical (unpaired) electrons. The van der Waals surface area contributed by atoms with Gasteiger partial charge in [0.1, 0.15) is 5.82 Å². The highest BCUT2D eigenvalue weighted by molar-refractivity contribution is 5.51. The maximum Gasteiger partial charge on any atom is 0.347 e. The number of hydrogen-bond acceptors (Lipinski definition) is 4. The number of hydrogen-bond donors (Lipinski definition) is 2. The second-order valence-electron chi connectivity index (χ2n) is 4.02. The third kappa shape index (κ3) is 1.91. The van der Waals surface area contributed by atoms with Crippen molar-refractivity contribution < 1.29 is 0 Å². The van der Waals surface area contributed by atoms with Crippen LogP contribution < -0.4 is 11.0 Å². The molecule has 0 atom stereocenters. The minimum absolute atomic E-state index is 0.302. The molecule has 0 aliphatic carbocycles. The number of aromatic amines is 1. The zero-order chi connectivity index (χ0) is 11.7. The van der Waals surface area contributed by atoms with Crippen molar-refractivity contribution in [3.8, 4) is 0 Å². The fourth-order valence-electron chi connectivity index (χ4n) is 2.10. The fourth-order valence-corrected chi connectivity index (χ4v) is 2.10. The van der Waals surface area contributed by atoms with Crippen molar-refractivity contribution in [1.82, 2.24) is 15.0 Å². The van der Waals surface area contributed by atoms with Crippen molar-refractivity contribution in [3.63, 3.8) is 0 Å². The molecule has 5 heteroatoms. The van der Waals surface area contributed by atoms with Crippen molar-refractivity contribution in [3.05, 3.63) is 51.8 Å². The summed E-state index contributed by atoms with van der Waals surface area (Å²) in [6, 6.07) is 5.78. The molecule has 1 aliphatic rings. The normalized spacial score (nSPS) is 13.2. The van der Waals surface area contributed by atoms with E-state index in [-0.39, 0.29) is 5.69 Å². The maximum atomic E-state index is 11.4. The summed E-state index contributed by atoms with van der Waals surface area (Å²) < 4.78 is 0. The van der Waals surface area contributed by atoms with Gasteiger partial charge in [-0.15, -0.1) is 0 Å². The summed E-state index contributed by atoms with van der Waals surface area (Å²) >= 11 is 0. The molecule has 2 aromatic rings. The molecule has 0 spiro atoms. The number of nitrogens with zero attached hydrogens (tertiary/aromatic N) is 2. The zero-order valence-corrected chi connectivity index (χ0v) is 9.23. The van der Waals surface area contributed by atoms with E-state index in [9.17, 15) is 4.79 Å². The smallest absolute Gasteiger partial charge is 0.347 e. The third-order valence-corrected chi connectivity index (χ3v) is 2.87. The second-order valence-corrected chi connectivity index (χ2v) is 4.02. The Balaban J connectivity index is 2.01. The van der Waals surface area contributed by atoms with Crippen molar-refractivity contribution in [2.75, 3.05) is 11.9 Å². The summed E-state index contributed by atoms with van der Waals surface area (Å²) in [7, 11) is 0. The first-order valence-corrected chi connectivity index (χ1v) is 5.59. The van der Waals surface area contributed by atoms with Crippen molar-refractivity contribution in [1.29, 1.82) is 0 Å². The van der Waals surface area contributed by atoms with Crippen LogP contribution in [0.3, 0.4) is 0 Å². The molecule has 86 valence electrons. The lowest BCUT2D eigenvalue weighted by molar-refractivity contribution is 0.927. The van der Waals surface area contributed by atoms with E-state index in [4.69, 9.17) is 0 Å². The quantitative estimate of drug-likeness (QED) is 0.794. The summed E-state index contributed by atoms with van der Waals surface area (Å²) in [5.41, 5.74) is 2.67. The van der Waals surface area contributed by atoms with Gasteiger partial charge in [-0.2, -0.15) is 4.98 Å². The molecule has 0 bridgehead atoms. The molecule has 2 aromatic heterocycles. The largest absolute Gasteiger partial charge is 0.369 e. The summed E-state index contributed by atoms with van der Waals surface area (Å²) in [5.74, 6) is 0.722. The predicted molar refractivity (Wildman–Crippen MR) is 64.1 cm³/mol. The van der Waals surface area contributed by atoms with Gasteiger partial charge in [0.05, 0.1) is 0 Å². The molecule has 1 aliphatic heterocycles. The van der Waals surface area contributed by atoms with E-state index in [0.717, 1.165) is 35.7 Å².